The van der Waals surface area contributed by atoms with E-state index >= 15 is 0 Å². The molecule has 6 nitrogen and oxygen atoms in total. The first-order valence-electron chi connectivity index (χ1n) is 6.95. The fraction of sp³-hybridized carbons (Fsp3) is 0.846. The van der Waals surface area contributed by atoms with Crippen LogP contribution in [0.2, 0.25) is 0 Å². The van der Waals surface area contributed by atoms with Crippen molar-refractivity contribution >= 4 is 12.0 Å². The van der Waals surface area contributed by atoms with E-state index in [9.17, 15) is 14.7 Å². The highest BCUT2D eigenvalue weighted by molar-refractivity contribution is 5.84. The molecule has 4 atom stereocenters. The van der Waals surface area contributed by atoms with Gasteiger partial charge in [-0.1, -0.05) is 6.92 Å². The number of likely N-dealkylation sites (tertiary alicyclic amines) is 2. The second kappa shape index (κ2) is 5.36. The minimum atomic E-state index is -1.04. The average Bonchev–Trinajstić information content (AvgIpc) is 2.91. The average molecular weight is 270 g/mol. The Morgan fingerprint density at radius 2 is 2.00 bits per heavy atom. The number of amides is 2. The van der Waals surface area contributed by atoms with Gasteiger partial charge in [-0.05, 0) is 26.2 Å². The van der Waals surface area contributed by atoms with Gasteiger partial charge in [-0.25, -0.2) is 9.59 Å². The zero-order valence-electron chi connectivity index (χ0n) is 11.5. The number of carbonyl (C=O) groups excluding carboxylic acids is 1. The third kappa shape index (κ3) is 2.54. The van der Waals surface area contributed by atoms with Crippen LogP contribution in [-0.4, -0.2) is 62.8 Å². The van der Waals surface area contributed by atoms with E-state index in [0.717, 1.165) is 19.3 Å². The number of hydrogen-bond donors (Lipinski definition) is 2. The van der Waals surface area contributed by atoms with E-state index in [-0.39, 0.29) is 31.1 Å². The largest absolute Gasteiger partial charge is 0.480 e. The molecular weight excluding hydrogens is 248 g/mol. The van der Waals surface area contributed by atoms with Crippen molar-refractivity contribution in [2.45, 2.75) is 63.8 Å². The van der Waals surface area contributed by atoms with Crippen molar-refractivity contribution in [3.63, 3.8) is 0 Å². The molecule has 2 fully saturated rings. The van der Waals surface area contributed by atoms with E-state index in [1.54, 1.807) is 4.90 Å². The topological polar surface area (TPSA) is 81.1 Å². The van der Waals surface area contributed by atoms with Crippen LogP contribution in [0.4, 0.5) is 4.79 Å². The van der Waals surface area contributed by atoms with Gasteiger partial charge in [-0.15, -0.1) is 0 Å². The molecule has 0 aromatic carbocycles. The standard InChI is InChI=1S/C13H22N2O4/c1-3-9-5-4-8(2)15(9)13(19)14-7-10(16)6-11(14)12(17)18/h8-11,16H,3-7H2,1-2H3,(H,17,18)/t8?,9?,10-,11-/m0/s1. The molecule has 2 unspecified atom stereocenters. The molecule has 0 aromatic heterocycles. The normalized spacial score (nSPS) is 34.9. The van der Waals surface area contributed by atoms with Gasteiger partial charge in [0.25, 0.3) is 0 Å². The van der Waals surface area contributed by atoms with Crippen LogP contribution in [0.1, 0.15) is 39.5 Å². The first-order chi connectivity index (χ1) is 8.95. The van der Waals surface area contributed by atoms with E-state index in [4.69, 9.17) is 5.11 Å². The lowest BCUT2D eigenvalue weighted by molar-refractivity contribution is -0.141. The highest BCUT2D eigenvalue weighted by Gasteiger charge is 2.44. The molecule has 2 rings (SSSR count). The molecule has 2 saturated heterocycles. The van der Waals surface area contributed by atoms with Crippen LogP contribution in [0.25, 0.3) is 0 Å². The van der Waals surface area contributed by atoms with Crippen LogP contribution in [0, 0.1) is 0 Å². The van der Waals surface area contributed by atoms with Gasteiger partial charge in [0.1, 0.15) is 6.04 Å². The summed E-state index contributed by atoms with van der Waals surface area (Å²) >= 11 is 0. The number of nitrogens with zero attached hydrogens (tertiary/aromatic N) is 2. The monoisotopic (exact) mass is 270 g/mol. The lowest BCUT2D eigenvalue weighted by Crippen LogP contribution is -2.51. The Morgan fingerprint density at radius 1 is 1.32 bits per heavy atom. The van der Waals surface area contributed by atoms with Gasteiger partial charge in [0, 0.05) is 25.0 Å². The van der Waals surface area contributed by atoms with E-state index in [1.807, 2.05) is 13.8 Å². The number of β-amino-alcohol motifs (C(OH)–C–C–N with tert-alkyl or cyclic N) is 1. The molecular formula is C13H22N2O4. The third-order valence-electron chi connectivity index (χ3n) is 4.29. The van der Waals surface area contributed by atoms with Crippen LogP contribution < -0.4 is 0 Å². The maximum absolute atomic E-state index is 12.6. The van der Waals surface area contributed by atoms with Crippen LogP contribution in [0.5, 0.6) is 0 Å². The number of aliphatic hydroxyl groups excluding tert-OH is 1. The summed E-state index contributed by atoms with van der Waals surface area (Å²) < 4.78 is 0. The highest BCUT2D eigenvalue weighted by atomic mass is 16.4. The quantitative estimate of drug-likeness (QED) is 0.781. The van der Waals surface area contributed by atoms with Crippen LogP contribution in [-0.2, 0) is 4.79 Å². The number of aliphatic hydroxyl groups is 1. The molecule has 0 spiro atoms. The van der Waals surface area contributed by atoms with Crippen LogP contribution in [0.3, 0.4) is 0 Å². The maximum Gasteiger partial charge on any atom is 0.326 e. The van der Waals surface area contributed by atoms with Crippen molar-refractivity contribution in [2.24, 2.45) is 0 Å². The summed E-state index contributed by atoms with van der Waals surface area (Å²) in [4.78, 5) is 26.9. The molecule has 2 aliphatic rings. The first-order valence-corrected chi connectivity index (χ1v) is 6.95. The second-order valence-corrected chi connectivity index (χ2v) is 5.57. The number of carboxylic acids is 1. The summed E-state index contributed by atoms with van der Waals surface area (Å²) in [6.07, 6.45) is 2.20. The molecule has 2 aliphatic heterocycles. The number of carbonyl (C=O) groups is 2. The van der Waals surface area contributed by atoms with E-state index in [0.29, 0.717) is 0 Å². The number of carboxylic acid groups (broad SMARTS) is 1. The van der Waals surface area contributed by atoms with Gasteiger partial charge >= 0.3 is 12.0 Å². The number of rotatable bonds is 2. The van der Waals surface area contributed by atoms with Crippen molar-refractivity contribution in [1.29, 1.82) is 0 Å². The summed E-state index contributed by atoms with van der Waals surface area (Å²) in [5, 5.41) is 18.8. The van der Waals surface area contributed by atoms with Gasteiger partial charge in [-0.3, -0.25) is 0 Å². The Labute approximate surface area is 113 Å². The van der Waals surface area contributed by atoms with Gasteiger partial charge in [0.05, 0.1) is 6.10 Å². The summed E-state index contributed by atoms with van der Waals surface area (Å²) in [5.41, 5.74) is 0. The highest BCUT2D eigenvalue weighted by Crippen LogP contribution is 2.29. The van der Waals surface area contributed by atoms with Crippen molar-refractivity contribution in [2.75, 3.05) is 6.54 Å². The van der Waals surface area contributed by atoms with Crippen molar-refractivity contribution in [3.8, 4) is 0 Å². The van der Waals surface area contributed by atoms with Crippen LogP contribution >= 0.6 is 0 Å². The Morgan fingerprint density at radius 3 is 2.58 bits per heavy atom. The van der Waals surface area contributed by atoms with Gasteiger partial charge in [0.2, 0.25) is 0 Å². The predicted molar refractivity (Wildman–Crippen MR) is 68.8 cm³/mol. The Balaban J connectivity index is 2.16. The summed E-state index contributed by atoms with van der Waals surface area (Å²) in [6, 6.07) is -0.798. The van der Waals surface area contributed by atoms with Crippen molar-refractivity contribution in [3.05, 3.63) is 0 Å². The molecule has 0 bridgehead atoms. The van der Waals surface area contributed by atoms with Gasteiger partial charge in [-0.2, -0.15) is 0 Å². The maximum atomic E-state index is 12.6. The molecule has 2 N–H and O–H groups in total. The molecule has 108 valence electrons. The zero-order chi connectivity index (χ0) is 14.2. The third-order valence-corrected chi connectivity index (χ3v) is 4.29. The lowest BCUT2D eigenvalue weighted by atomic mass is 10.1. The smallest absolute Gasteiger partial charge is 0.326 e. The number of hydrogen-bond acceptors (Lipinski definition) is 3. The van der Waals surface area contributed by atoms with Gasteiger partial charge in [0.15, 0.2) is 0 Å². The van der Waals surface area contributed by atoms with Gasteiger partial charge < -0.3 is 20.0 Å². The van der Waals surface area contributed by atoms with Crippen LogP contribution in [0.15, 0.2) is 0 Å². The fourth-order valence-electron chi connectivity index (χ4n) is 3.22. The summed E-state index contributed by atoms with van der Waals surface area (Å²) in [5.74, 6) is -1.04. The second-order valence-electron chi connectivity index (χ2n) is 5.57. The van der Waals surface area contributed by atoms with Crippen molar-refractivity contribution in [1.82, 2.24) is 9.80 Å². The van der Waals surface area contributed by atoms with Crippen molar-refractivity contribution < 1.29 is 19.8 Å². The molecule has 0 radical (unpaired) electrons. The Bertz CT molecular complexity index is 374. The molecule has 19 heavy (non-hydrogen) atoms. The Hall–Kier alpha value is -1.30. The van der Waals surface area contributed by atoms with E-state index in [1.165, 1.54) is 4.90 Å². The molecule has 2 heterocycles. The predicted octanol–water partition coefficient (Wildman–Crippen LogP) is 0.889. The number of urea groups is 1. The first kappa shape index (κ1) is 14.1. The fourth-order valence-corrected chi connectivity index (χ4v) is 3.22. The molecule has 0 saturated carbocycles. The number of aliphatic carboxylic acids is 1. The molecule has 0 aromatic rings. The molecule has 0 aliphatic carbocycles. The summed E-state index contributed by atoms with van der Waals surface area (Å²) in [7, 11) is 0. The van der Waals surface area contributed by atoms with E-state index < -0.39 is 18.1 Å². The van der Waals surface area contributed by atoms with E-state index in [2.05, 4.69) is 0 Å². The zero-order valence-corrected chi connectivity index (χ0v) is 11.5. The summed E-state index contributed by atoms with van der Waals surface area (Å²) in [6.45, 7) is 4.15. The Kier molecular flexibility index (Phi) is 3.99. The minimum Gasteiger partial charge on any atom is -0.480 e. The minimum absolute atomic E-state index is 0.120. The molecule has 6 heteroatoms. The SMILES string of the molecule is CCC1CCC(C)N1C(=O)N1C[C@@H](O)C[C@H]1C(=O)O. The lowest BCUT2D eigenvalue weighted by Gasteiger charge is -2.33. The molecule has 2 amide bonds.